The molecule has 3 aromatic carbocycles. The summed E-state index contributed by atoms with van der Waals surface area (Å²) < 4.78 is 0. The Bertz CT molecular complexity index is 951. The first-order valence-electron chi connectivity index (χ1n) is 10.5. The predicted octanol–water partition coefficient (Wildman–Crippen LogP) is 7.85. The minimum Gasteiger partial charge on any atom is -0.148 e. The molecule has 3 aromatic rings. The average molecular weight is 524 g/mol. The van der Waals surface area contributed by atoms with Gasteiger partial charge < -0.3 is 0 Å². The summed E-state index contributed by atoms with van der Waals surface area (Å²) in [6.07, 6.45) is 2.41. The molecule has 30 heavy (non-hydrogen) atoms. The van der Waals surface area contributed by atoms with Crippen LogP contribution in [0.2, 0.25) is 0 Å². The highest BCUT2D eigenvalue weighted by molar-refractivity contribution is 14.1. The Hall–Kier alpha value is -1.38. The van der Waals surface area contributed by atoms with Gasteiger partial charge in [-0.15, -0.1) is 30.8 Å². The largest absolute Gasteiger partial charge is 0.225 e. The van der Waals surface area contributed by atoms with E-state index in [9.17, 15) is 0 Å². The number of hydrogen-bond acceptors (Lipinski definition) is 0. The summed E-state index contributed by atoms with van der Waals surface area (Å²) in [6.45, 7) is 11.6. The van der Waals surface area contributed by atoms with Gasteiger partial charge in [0.15, 0.2) is 0 Å². The highest BCUT2D eigenvalue weighted by atomic mass is 127. The van der Waals surface area contributed by atoms with Crippen LogP contribution in [0.25, 0.3) is 5.57 Å². The van der Waals surface area contributed by atoms with E-state index < -0.39 is 0 Å². The van der Waals surface area contributed by atoms with Crippen molar-refractivity contribution in [3.63, 3.8) is 0 Å². The van der Waals surface area contributed by atoms with Crippen LogP contribution in [-0.2, 0) is 5.41 Å². The molecule has 0 bridgehead atoms. The van der Waals surface area contributed by atoms with Crippen molar-refractivity contribution in [2.45, 2.75) is 32.6 Å². The molecule has 0 aromatic heterocycles. The monoisotopic (exact) mass is 524 g/mol. The zero-order valence-corrected chi connectivity index (χ0v) is 21.4. The SMILES string of the molecule is C=C(c1ccccc1)c1ccc(C(C)(CC(C)(C)CPBI)c2ccccc2)cc1. The summed E-state index contributed by atoms with van der Waals surface area (Å²) in [5.74, 6) is 0. The summed E-state index contributed by atoms with van der Waals surface area (Å²) in [5.41, 5.74) is 6.48. The lowest BCUT2D eigenvalue weighted by atomic mass is 9.67. The Morgan fingerprint density at radius 2 is 1.30 bits per heavy atom. The molecule has 0 aliphatic heterocycles. The maximum Gasteiger partial charge on any atom is 0.225 e. The molecule has 0 heterocycles. The van der Waals surface area contributed by atoms with E-state index in [-0.39, 0.29) is 5.41 Å². The minimum atomic E-state index is -0.0207. The molecule has 0 aliphatic carbocycles. The van der Waals surface area contributed by atoms with E-state index in [1.807, 2.05) is 6.07 Å². The van der Waals surface area contributed by atoms with E-state index in [2.05, 4.69) is 129 Å². The third-order valence-electron chi connectivity index (χ3n) is 5.93. The number of rotatable bonds is 9. The zero-order valence-electron chi connectivity index (χ0n) is 18.3. The second kappa shape index (κ2) is 10.3. The first-order valence-corrected chi connectivity index (χ1v) is 13.5. The lowest BCUT2D eigenvalue weighted by Crippen LogP contribution is -2.32. The van der Waals surface area contributed by atoms with Gasteiger partial charge in [-0.1, -0.05) is 112 Å². The Balaban J connectivity index is 1.95. The summed E-state index contributed by atoms with van der Waals surface area (Å²) >= 11 is 2.51. The topological polar surface area (TPSA) is 0 Å². The lowest BCUT2D eigenvalue weighted by molar-refractivity contribution is 0.306. The molecule has 0 aliphatic rings. The maximum atomic E-state index is 4.34. The quantitative estimate of drug-likeness (QED) is 0.152. The zero-order chi connectivity index (χ0) is 21.6. The van der Waals surface area contributed by atoms with Crippen molar-refractivity contribution in [2.24, 2.45) is 5.41 Å². The molecule has 2 unspecified atom stereocenters. The standard InChI is InChI=1S/C27H31BIP/c1-21(22-11-7-5-8-12-22)23-15-17-25(18-16-23)27(4,24-13-9-6-10-14-24)19-26(2,3)20-30-28-29/h5-18,28,30H,1,19-20H2,2-4H3. The van der Waals surface area contributed by atoms with E-state index in [0.717, 1.165) is 20.5 Å². The fourth-order valence-electron chi connectivity index (χ4n) is 4.43. The van der Waals surface area contributed by atoms with Gasteiger partial charge in [-0.3, -0.25) is 0 Å². The first-order chi connectivity index (χ1) is 14.4. The summed E-state index contributed by atoms with van der Waals surface area (Å²) in [6, 6.07) is 30.6. The van der Waals surface area contributed by atoms with Crippen LogP contribution in [0.4, 0.5) is 0 Å². The van der Waals surface area contributed by atoms with Crippen molar-refractivity contribution < 1.29 is 0 Å². The number of hydrogen-bond donors (Lipinski definition) is 0. The molecule has 0 saturated carbocycles. The Morgan fingerprint density at radius 3 is 1.87 bits per heavy atom. The highest BCUT2D eigenvalue weighted by Crippen LogP contribution is 2.44. The Labute approximate surface area is 198 Å². The fraction of sp³-hybridized carbons (Fsp3) is 0.259. The van der Waals surface area contributed by atoms with Crippen LogP contribution in [0.15, 0.2) is 91.5 Å². The van der Waals surface area contributed by atoms with E-state index in [4.69, 9.17) is 0 Å². The Kier molecular flexibility index (Phi) is 7.99. The van der Waals surface area contributed by atoms with Crippen molar-refractivity contribution in [1.29, 1.82) is 0 Å². The third kappa shape index (κ3) is 5.65. The highest BCUT2D eigenvalue weighted by Gasteiger charge is 2.35. The van der Waals surface area contributed by atoms with Gasteiger partial charge >= 0.3 is 0 Å². The van der Waals surface area contributed by atoms with Crippen molar-refractivity contribution in [1.82, 2.24) is 0 Å². The van der Waals surface area contributed by atoms with E-state index in [1.54, 1.807) is 0 Å². The molecule has 3 heteroatoms. The van der Waals surface area contributed by atoms with Crippen LogP contribution < -0.4 is 0 Å². The van der Waals surface area contributed by atoms with Gasteiger partial charge in [0, 0.05) is 5.41 Å². The third-order valence-corrected chi connectivity index (χ3v) is 8.95. The first kappa shape index (κ1) is 23.3. The number of benzene rings is 3. The Morgan fingerprint density at radius 1 is 0.800 bits per heavy atom. The van der Waals surface area contributed by atoms with E-state index in [1.165, 1.54) is 33.3 Å². The smallest absolute Gasteiger partial charge is 0.148 e. The van der Waals surface area contributed by atoms with Gasteiger partial charge in [0.05, 0.1) is 0 Å². The van der Waals surface area contributed by atoms with Crippen molar-refractivity contribution in [3.05, 3.63) is 114 Å². The molecule has 2 atom stereocenters. The van der Waals surface area contributed by atoms with Crippen LogP contribution in [0.5, 0.6) is 0 Å². The second-order valence-corrected chi connectivity index (χ2v) is 12.4. The van der Waals surface area contributed by atoms with Crippen molar-refractivity contribution in [3.8, 4) is 0 Å². The van der Waals surface area contributed by atoms with Crippen LogP contribution in [0, 0.1) is 5.41 Å². The molecule has 0 nitrogen and oxygen atoms in total. The summed E-state index contributed by atoms with van der Waals surface area (Å²) in [5, 5.41) is 0. The lowest BCUT2D eigenvalue weighted by Gasteiger charge is -2.39. The van der Waals surface area contributed by atoms with E-state index >= 15 is 0 Å². The van der Waals surface area contributed by atoms with Crippen molar-refractivity contribution in [2.75, 3.05) is 6.16 Å². The van der Waals surface area contributed by atoms with Crippen LogP contribution >= 0.6 is 30.8 Å². The number of halogens is 1. The summed E-state index contributed by atoms with van der Waals surface area (Å²) in [4.78, 5) is 1.25. The van der Waals surface area contributed by atoms with Crippen LogP contribution in [-0.4, -0.2) is 11.0 Å². The maximum absolute atomic E-state index is 4.34. The molecular weight excluding hydrogens is 493 g/mol. The van der Waals surface area contributed by atoms with Gasteiger partial charge in [0.1, 0.15) is 0 Å². The molecule has 154 valence electrons. The molecule has 0 fully saturated rings. The fourth-order valence-corrected chi connectivity index (χ4v) is 6.13. The van der Waals surface area contributed by atoms with Gasteiger partial charge in [0.25, 0.3) is 0 Å². The molecule has 3 rings (SSSR count). The van der Waals surface area contributed by atoms with Gasteiger partial charge in [-0.2, -0.15) is 0 Å². The van der Waals surface area contributed by atoms with Gasteiger partial charge in [0.2, 0.25) is 4.86 Å². The van der Waals surface area contributed by atoms with Gasteiger partial charge in [-0.05, 0) is 45.8 Å². The molecule has 0 N–H and O–H groups in total. The molecule has 0 radical (unpaired) electrons. The summed E-state index contributed by atoms with van der Waals surface area (Å²) in [7, 11) is 1.02. The molecule has 0 amide bonds. The minimum absolute atomic E-state index is 0.0207. The van der Waals surface area contributed by atoms with Crippen LogP contribution in [0.3, 0.4) is 0 Å². The van der Waals surface area contributed by atoms with Crippen LogP contribution in [0.1, 0.15) is 49.4 Å². The van der Waals surface area contributed by atoms with E-state index in [0.29, 0.717) is 5.41 Å². The molecule has 0 saturated heterocycles. The molecule has 0 spiro atoms. The second-order valence-electron chi connectivity index (χ2n) is 9.02. The van der Waals surface area contributed by atoms with Crippen molar-refractivity contribution >= 4 is 41.3 Å². The molecular formula is C27H31BIP. The van der Waals surface area contributed by atoms with Gasteiger partial charge in [-0.25, -0.2) is 0 Å². The normalized spacial score (nSPS) is 13.9. The average Bonchev–Trinajstić information content (AvgIpc) is 2.78. The predicted molar refractivity (Wildman–Crippen MR) is 147 cm³/mol.